The summed E-state index contributed by atoms with van der Waals surface area (Å²) in [4.78, 5) is 12.3. The average molecular weight is 449 g/mol. The van der Waals surface area contributed by atoms with Crippen LogP contribution in [0.25, 0.3) is 0 Å². The molecule has 1 atom stereocenters. The number of benzene rings is 2. The lowest BCUT2D eigenvalue weighted by molar-refractivity contribution is -0.281. The minimum absolute atomic E-state index is 0.0474. The maximum absolute atomic E-state index is 13.4. The minimum Gasteiger partial charge on any atom is -0.445 e. The molecule has 0 spiro atoms. The van der Waals surface area contributed by atoms with Crippen LogP contribution >= 0.6 is 22.6 Å². The van der Waals surface area contributed by atoms with Gasteiger partial charge in [0.15, 0.2) is 11.5 Å². The number of hydrogen-bond donors (Lipinski definition) is 1. The van der Waals surface area contributed by atoms with Crippen molar-refractivity contribution in [3.63, 3.8) is 0 Å². The summed E-state index contributed by atoms with van der Waals surface area (Å²) in [6.07, 6.45) is -7.04. The summed E-state index contributed by atoms with van der Waals surface area (Å²) in [5, 5.41) is 2.52. The van der Waals surface area contributed by atoms with Crippen LogP contribution in [-0.2, 0) is 0 Å². The van der Waals surface area contributed by atoms with Crippen molar-refractivity contribution in [3.8, 4) is 11.5 Å². The van der Waals surface area contributed by atoms with Crippen molar-refractivity contribution >= 4 is 34.2 Å². The molecular weight excluding hydrogens is 438 g/mol. The topological polar surface area (TPSA) is 47.6 Å². The second-order valence-electron chi connectivity index (χ2n) is 5.15. The van der Waals surface area contributed by atoms with E-state index < -0.39 is 18.4 Å². The monoisotopic (exact) mass is 449 g/mol. The zero-order valence-corrected chi connectivity index (χ0v) is 14.4. The van der Waals surface area contributed by atoms with Crippen molar-refractivity contribution in [2.24, 2.45) is 0 Å². The maximum Gasteiger partial charge on any atom is 0.468 e. The number of fused-ring (bicyclic) bond motifs is 1. The Morgan fingerprint density at radius 3 is 2.75 bits per heavy atom. The van der Waals surface area contributed by atoms with Crippen molar-refractivity contribution < 1.29 is 27.4 Å². The number of hydrogen-bond acceptors (Lipinski definition) is 3. The molecule has 1 heterocycles. The Morgan fingerprint density at radius 1 is 1.29 bits per heavy atom. The molecule has 126 valence electrons. The number of rotatable bonds is 2. The van der Waals surface area contributed by atoms with Crippen LogP contribution in [0.15, 0.2) is 36.4 Å². The number of para-hydroxylation sites is 1. The molecule has 2 aromatic carbocycles. The van der Waals surface area contributed by atoms with Gasteiger partial charge in [-0.2, -0.15) is 13.2 Å². The molecule has 8 heteroatoms. The molecule has 1 aliphatic heterocycles. The summed E-state index contributed by atoms with van der Waals surface area (Å²) in [5.41, 5.74) is 1.44. The zero-order valence-electron chi connectivity index (χ0n) is 12.3. The van der Waals surface area contributed by atoms with E-state index in [4.69, 9.17) is 0 Å². The molecule has 1 N–H and O–H groups in total. The zero-order chi connectivity index (χ0) is 17.5. The van der Waals surface area contributed by atoms with Gasteiger partial charge in [-0.25, -0.2) is 0 Å². The summed E-state index contributed by atoms with van der Waals surface area (Å²) in [6, 6.07) is 9.12. The Labute approximate surface area is 149 Å². The fourth-order valence-electron chi connectivity index (χ4n) is 2.11. The van der Waals surface area contributed by atoms with E-state index in [9.17, 15) is 18.0 Å². The van der Waals surface area contributed by atoms with Crippen LogP contribution in [0, 0.1) is 10.5 Å². The number of ether oxygens (including phenoxy) is 2. The fraction of sp³-hybridized carbons (Fsp3) is 0.188. The van der Waals surface area contributed by atoms with Crippen molar-refractivity contribution in [1.29, 1.82) is 0 Å². The van der Waals surface area contributed by atoms with E-state index in [2.05, 4.69) is 37.4 Å². The van der Waals surface area contributed by atoms with Crippen molar-refractivity contribution in [1.82, 2.24) is 0 Å². The predicted molar refractivity (Wildman–Crippen MR) is 89.4 cm³/mol. The first-order valence-corrected chi connectivity index (χ1v) is 7.94. The van der Waals surface area contributed by atoms with Gasteiger partial charge in [0.2, 0.25) is 0 Å². The molecule has 1 amide bonds. The molecule has 0 saturated carbocycles. The largest absolute Gasteiger partial charge is 0.468 e. The highest BCUT2D eigenvalue weighted by Gasteiger charge is 2.50. The van der Waals surface area contributed by atoms with Crippen LogP contribution in [0.1, 0.15) is 15.9 Å². The van der Waals surface area contributed by atoms with Crippen LogP contribution in [0.3, 0.4) is 0 Å². The Bertz CT molecular complexity index is 813. The first-order chi connectivity index (χ1) is 11.3. The summed E-state index contributed by atoms with van der Waals surface area (Å²) in [7, 11) is 0. The van der Waals surface area contributed by atoms with Gasteiger partial charge in [-0.05, 0) is 59.3 Å². The molecule has 0 aromatic heterocycles. The molecule has 2 aromatic rings. The first kappa shape index (κ1) is 16.9. The van der Waals surface area contributed by atoms with Gasteiger partial charge in [0.1, 0.15) is 0 Å². The van der Waals surface area contributed by atoms with E-state index in [0.29, 0.717) is 5.56 Å². The van der Waals surface area contributed by atoms with Gasteiger partial charge < -0.3 is 14.8 Å². The van der Waals surface area contributed by atoms with Crippen LogP contribution in [0.4, 0.5) is 18.9 Å². The van der Waals surface area contributed by atoms with E-state index in [0.717, 1.165) is 9.13 Å². The van der Waals surface area contributed by atoms with Gasteiger partial charge in [0.25, 0.3) is 5.91 Å². The fourth-order valence-corrected chi connectivity index (χ4v) is 2.63. The first-order valence-electron chi connectivity index (χ1n) is 6.86. The number of aryl methyl sites for hydroxylation is 1. The lowest BCUT2D eigenvalue weighted by atomic mass is 10.1. The molecule has 24 heavy (non-hydrogen) atoms. The molecule has 0 saturated heterocycles. The number of carbonyl (C=O) groups excluding carboxylic acids is 1. The third-order valence-corrected chi connectivity index (χ3v) is 4.55. The van der Waals surface area contributed by atoms with E-state index in [1.54, 1.807) is 18.2 Å². The van der Waals surface area contributed by atoms with Gasteiger partial charge in [-0.15, -0.1) is 0 Å². The smallest absolute Gasteiger partial charge is 0.445 e. The number of carbonyl (C=O) groups is 1. The van der Waals surface area contributed by atoms with E-state index in [1.165, 1.54) is 18.2 Å². The lowest BCUT2D eigenvalue weighted by Crippen LogP contribution is -2.43. The second-order valence-corrected chi connectivity index (χ2v) is 6.31. The Morgan fingerprint density at radius 2 is 2.04 bits per heavy atom. The third kappa shape index (κ3) is 3.14. The number of alkyl halides is 3. The van der Waals surface area contributed by atoms with Gasteiger partial charge in [0.05, 0.1) is 5.69 Å². The van der Waals surface area contributed by atoms with Gasteiger partial charge in [-0.1, -0.05) is 12.1 Å². The molecule has 4 nitrogen and oxygen atoms in total. The molecule has 0 fully saturated rings. The minimum atomic E-state index is -4.08. The highest BCUT2D eigenvalue weighted by molar-refractivity contribution is 14.1. The van der Waals surface area contributed by atoms with Gasteiger partial charge >= 0.3 is 12.5 Å². The van der Waals surface area contributed by atoms with E-state index in [1.807, 2.05) is 6.92 Å². The second kappa shape index (κ2) is 6.15. The Hall–Kier alpha value is -1.97. The van der Waals surface area contributed by atoms with E-state index in [-0.39, 0.29) is 17.2 Å². The SMILES string of the molecule is Cc1ccc(C(=O)Nc2cccc3c2OC(F)C(F)(F)O3)cc1I. The number of amides is 1. The van der Waals surface area contributed by atoms with Crippen LogP contribution in [0.2, 0.25) is 0 Å². The van der Waals surface area contributed by atoms with Crippen LogP contribution in [0.5, 0.6) is 11.5 Å². The standard InChI is InChI=1S/C16H11F3INO3/c1-8-5-6-9(7-10(8)20)14(22)21-11-3-2-4-12-13(11)23-15(17)16(18,19)24-12/h2-7,15H,1H3,(H,21,22). The summed E-state index contributed by atoms with van der Waals surface area (Å²) < 4.78 is 49.6. The van der Waals surface area contributed by atoms with Crippen LogP contribution < -0.4 is 14.8 Å². The van der Waals surface area contributed by atoms with E-state index >= 15 is 0 Å². The molecule has 1 aliphatic rings. The number of nitrogens with one attached hydrogen (secondary N) is 1. The summed E-state index contributed by atoms with van der Waals surface area (Å²) >= 11 is 2.10. The highest BCUT2D eigenvalue weighted by Crippen LogP contribution is 2.44. The molecule has 0 bridgehead atoms. The maximum atomic E-state index is 13.4. The summed E-state index contributed by atoms with van der Waals surface area (Å²) in [5.74, 6) is -1.09. The predicted octanol–water partition coefficient (Wildman–Crippen LogP) is 4.51. The number of anilines is 1. The Balaban J connectivity index is 1.89. The Kier molecular flexibility index (Phi) is 4.33. The molecule has 3 rings (SSSR count). The van der Waals surface area contributed by atoms with Crippen molar-refractivity contribution in [2.45, 2.75) is 19.4 Å². The van der Waals surface area contributed by atoms with Crippen LogP contribution in [-0.4, -0.2) is 18.4 Å². The summed E-state index contributed by atoms with van der Waals surface area (Å²) in [6.45, 7) is 1.91. The molecule has 0 aliphatic carbocycles. The highest BCUT2D eigenvalue weighted by atomic mass is 127. The average Bonchev–Trinajstić information content (AvgIpc) is 2.51. The number of halogens is 4. The van der Waals surface area contributed by atoms with Gasteiger partial charge in [-0.3, -0.25) is 4.79 Å². The molecule has 0 radical (unpaired) electrons. The quantitative estimate of drug-likeness (QED) is 0.687. The van der Waals surface area contributed by atoms with Gasteiger partial charge in [0, 0.05) is 9.13 Å². The molecular formula is C16H11F3INO3. The van der Waals surface area contributed by atoms with Crippen molar-refractivity contribution in [3.05, 3.63) is 51.1 Å². The van der Waals surface area contributed by atoms with Crippen molar-refractivity contribution in [2.75, 3.05) is 5.32 Å². The normalized spacial score (nSPS) is 18.1. The third-order valence-electron chi connectivity index (χ3n) is 3.39. The lowest BCUT2D eigenvalue weighted by Gasteiger charge is -2.29. The molecule has 1 unspecified atom stereocenters.